The number of hydrogen-bond acceptors (Lipinski definition) is 6. The van der Waals surface area contributed by atoms with Crippen molar-refractivity contribution in [3.8, 4) is 17.2 Å². The number of halogens is 2. The fourth-order valence-corrected chi connectivity index (χ4v) is 3.61. The first-order valence-corrected chi connectivity index (χ1v) is 9.36. The molecule has 0 saturated heterocycles. The van der Waals surface area contributed by atoms with Crippen LogP contribution in [-0.4, -0.2) is 36.0 Å². The van der Waals surface area contributed by atoms with E-state index in [1.165, 1.54) is 45.7 Å². The van der Waals surface area contributed by atoms with Gasteiger partial charge in [0, 0.05) is 5.02 Å². The number of ether oxygens (including phenoxy) is 3. The number of nitrogens with one attached hydrogen (secondary N) is 1. The van der Waals surface area contributed by atoms with Crippen LogP contribution in [0.3, 0.4) is 0 Å². The van der Waals surface area contributed by atoms with Crippen molar-refractivity contribution >= 4 is 39.4 Å². The maximum atomic E-state index is 12.4. The van der Waals surface area contributed by atoms with Crippen molar-refractivity contribution in [3.05, 3.63) is 45.9 Å². The van der Waals surface area contributed by atoms with Crippen molar-refractivity contribution in [2.75, 3.05) is 21.3 Å². The van der Waals surface area contributed by atoms with Gasteiger partial charge in [-0.15, -0.1) is 0 Å². The van der Waals surface area contributed by atoms with Crippen LogP contribution in [0, 0.1) is 0 Å². The van der Waals surface area contributed by atoms with Gasteiger partial charge in [0.05, 0.1) is 32.6 Å². The van der Waals surface area contributed by atoms with E-state index < -0.39 is 10.0 Å². The van der Waals surface area contributed by atoms with Crippen LogP contribution in [0.15, 0.2) is 40.3 Å². The van der Waals surface area contributed by atoms with Gasteiger partial charge in [-0.05, 0) is 35.9 Å². The molecular formula is C16H16Cl2N2O5S. The lowest BCUT2D eigenvalue weighted by molar-refractivity contribution is 0.355. The number of sulfonamides is 1. The zero-order valence-corrected chi connectivity index (χ0v) is 16.4. The van der Waals surface area contributed by atoms with Crippen LogP contribution < -0.4 is 19.0 Å². The largest absolute Gasteiger partial charge is 0.495 e. The van der Waals surface area contributed by atoms with E-state index in [2.05, 4.69) is 9.93 Å². The van der Waals surface area contributed by atoms with Crippen LogP contribution in [0.25, 0.3) is 0 Å². The Morgan fingerprint density at radius 2 is 1.69 bits per heavy atom. The summed E-state index contributed by atoms with van der Waals surface area (Å²) in [5.41, 5.74) is 0.508. The number of hydrazone groups is 1. The van der Waals surface area contributed by atoms with Crippen molar-refractivity contribution in [2.24, 2.45) is 5.10 Å². The minimum atomic E-state index is -3.98. The van der Waals surface area contributed by atoms with Crippen LogP contribution in [0.4, 0.5) is 0 Å². The summed E-state index contributed by atoms with van der Waals surface area (Å²) in [5.74, 6) is 0.905. The number of benzene rings is 2. The van der Waals surface area contributed by atoms with Crippen molar-refractivity contribution < 1.29 is 22.6 Å². The molecule has 0 radical (unpaired) electrons. The van der Waals surface area contributed by atoms with Crippen LogP contribution in [0.1, 0.15) is 5.56 Å². The van der Waals surface area contributed by atoms with Crippen LogP contribution in [0.2, 0.25) is 10.0 Å². The lowest BCUT2D eigenvalue weighted by Crippen LogP contribution is -2.19. The topological polar surface area (TPSA) is 86.2 Å². The van der Waals surface area contributed by atoms with E-state index in [0.717, 1.165) is 0 Å². The number of nitrogens with zero attached hydrogens (tertiary/aromatic N) is 1. The Bertz CT molecular complexity index is 932. The van der Waals surface area contributed by atoms with Gasteiger partial charge in [0.15, 0.2) is 11.5 Å². The van der Waals surface area contributed by atoms with Gasteiger partial charge in [0.2, 0.25) is 0 Å². The zero-order chi connectivity index (χ0) is 19.3. The van der Waals surface area contributed by atoms with E-state index in [0.29, 0.717) is 22.1 Å². The first-order valence-electron chi connectivity index (χ1n) is 7.12. The van der Waals surface area contributed by atoms with Gasteiger partial charge in [0.1, 0.15) is 10.6 Å². The molecule has 0 atom stereocenters. The van der Waals surface area contributed by atoms with Crippen molar-refractivity contribution in [1.29, 1.82) is 0 Å². The molecule has 10 heteroatoms. The summed E-state index contributed by atoms with van der Waals surface area (Å²) in [6.07, 6.45) is 1.28. The van der Waals surface area contributed by atoms with E-state index >= 15 is 0 Å². The fourth-order valence-electron chi connectivity index (χ4n) is 2.09. The second-order valence-electron chi connectivity index (χ2n) is 4.89. The van der Waals surface area contributed by atoms with Gasteiger partial charge in [-0.3, -0.25) is 0 Å². The Balaban J connectivity index is 2.28. The first-order chi connectivity index (χ1) is 12.3. The molecule has 2 rings (SSSR count). The van der Waals surface area contributed by atoms with E-state index in [1.807, 2.05) is 0 Å². The maximum Gasteiger partial charge on any atom is 0.280 e. The third-order valence-corrected chi connectivity index (χ3v) is 5.02. The Labute approximate surface area is 161 Å². The Kier molecular flexibility index (Phi) is 6.57. The summed E-state index contributed by atoms with van der Waals surface area (Å²) in [7, 11) is 0.302. The van der Waals surface area contributed by atoms with Crippen molar-refractivity contribution in [3.63, 3.8) is 0 Å². The van der Waals surface area contributed by atoms with Gasteiger partial charge in [-0.1, -0.05) is 23.2 Å². The fraction of sp³-hybridized carbons (Fsp3) is 0.188. The normalized spacial score (nSPS) is 11.4. The summed E-state index contributed by atoms with van der Waals surface area (Å²) < 4.78 is 40.2. The summed E-state index contributed by atoms with van der Waals surface area (Å²) in [5, 5.41) is 4.30. The molecule has 0 fully saturated rings. The maximum absolute atomic E-state index is 12.4. The number of rotatable bonds is 7. The monoisotopic (exact) mass is 418 g/mol. The van der Waals surface area contributed by atoms with E-state index in [-0.39, 0.29) is 15.7 Å². The van der Waals surface area contributed by atoms with E-state index in [1.54, 1.807) is 12.1 Å². The van der Waals surface area contributed by atoms with Gasteiger partial charge >= 0.3 is 0 Å². The molecule has 0 spiro atoms. The zero-order valence-electron chi connectivity index (χ0n) is 14.1. The summed E-state index contributed by atoms with van der Waals surface area (Å²) in [4.78, 5) is 1.97. The molecule has 2 aromatic carbocycles. The minimum Gasteiger partial charge on any atom is -0.495 e. The van der Waals surface area contributed by atoms with Gasteiger partial charge in [-0.25, -0.2) is 0 Å². The van der Waals surface area contributed by atoms with Gasteiger partial charge in [-0.2, -0.15) is 18.4 Å². The molecule has 0 aliphatic rings. The summed E-state index contributed by atoms with van der Waals surface area (Å²) >= 11 is 12.0. The molecular weight excluding hydrogens is 403 g/mol. The van der Waals surface area contributed by atoms with Crippen molar-refractivity contribution in [1.82, 2.24) is 4.83 Å². The molecule has 140 valence electrons. The average Bonchev–Trinajstić information content (AvgIpc) is 2.61. The SMILES string of the molecule is COc1ccc(Cl)cc1S(=O)(=O)N/N=C/c1cc(Cl)c(OC)c(OC)c1. The highest BCUT2D eigenvalue weighted by atomic mass is 35.5. The molecule has 0 aliphatic carbocycles. The molecule has 0 heterocycles. The minimum absolute atomic E-state index is 0.130. The molecule has 0 aromatic heterocycles. The lowest BCUT2D eigenvalue weighted by Gasteiger charge is -2.10. The molecule has 0 bridgehead atoms. The highest BCUT2D eigenvalue weighted by Gasteiger charge is 2.19. The summed E-state index contributed by atoms with van der Waals surface area (Å²) in [6, 6.07) is 7.40. The molecule has 0 aliphatic heterocycles. The molecule has 1 N–H and O–H groups in total. The third-order valence-electron chi connectivity index (χ3n) is 3.26. The van der Waals surface area contributed by atoms with E-state index in [9.17, 15) is 8.42 Å². The van der Waals surface area contributed by atoms with Crippen molar-refractivity contribution in [2.45, 2.75) is 4.90 Å². The average molecular weight is 419 g/mol. The van der Waals surface area contributed by atoms with Crippen LogP contribution in [-0.2, 0) is 10.0 Å². The number of methoxy groups -OCH3 is 3. The molecule has 0 unspecified atom stereocenters. The van der Waals surface area contributed by atoms with E-state index in [4.69, 9.17) is 37.4 Å². The highest BCUT2D eigenvalue weighted by molar-refractivity contribution is 7.89. The molecule has 0 saturated carbocycles. The Hall–Kier alpha value is -2.16. The third kappa shape index (κ3) is 4.51. The second kappa shape index (κ2) is 8.48. The molecule has 2 aromatic rings. The second-order valence-corrected chi connectivity index (χ2v) is 7.36. The smallest absolute Gasteiger partial charge is 0.280 e. The van der Waals surface area contributed by atoms with Crippen LogP contribution >= 0.6 is 23.2 Å². The predicted molar refractivity (Wildman–Crippen MR) is 100 cm³/mol. The van der Waals surface area contributed by atoms with Crippen LogP contribution in [0.5, 0.6) is 17.2 Å². The molecule has 0 amide bonds. The predicted octanol–water partition coefficient (Wildman–Crippen LogP) is 3.33. The van der Waals surface area contributed by atoms with Gasteiger partial charge < -0.3 is 14.2 Å². The first kappa shape index (κ1) is 20.2. The number of hydrogen-bond donors (Lipinski definition) is 1. The Morgan fingerprint density at radius 1 is 1.00 bits per heavy atom. The quantitative estimate of drug-likeness (QED) is 0.550. The summed E-state index contributed by atoms with van der Waals surface area (Å²) in [6.45, 7) is 0. The lowest BCUT2D eigenvalue weighted by atomic mass is 10.2. The highest BCUT2D eigenvalue weighted by Crippen LogP contribution is 2.35. The molecule has 26 heavy (non-hydrogen) atoms. The standard InChI is InChI=1S/C16H16Cl2N2O5S/c1-23-13-5-4-11(17)8-15(13)26(21,22)20-19-9-10-6-12(18)16(25-3)14(7-10)24-2/h4-9,20H,1-3H3/b19-9+. The van der Waals surface area contributed by atoms with Gasteiger partial charge in [0.25, 0.3) is 10.0 Å². The molecule has 7 nitrogen and oxygen atoms in total. The Morgan fingerprint density at radius 3 is 2.31 bits per heavy atom.